The van der Waals surface area contributed by atoms with Crippen LogP contribution in [-0.4, -0.2) is 55.2 Å². The van der Waals surface area contributed by atoms with Crippen LogP contribution in [0, 0.1) is 0 Å². The predicted molar refractivity (Wildman–Crippen MR) is 63.1 cm³/mol. The lowest BCUT2D eigenvalue weighted by Crippen LogP contribution is -2.57. The molecule has 0 radical (unpaired) electrons. The highest BCUT2D eigenvalue weighted by molar-refractivity contribution is 7.91. The Morgan fingerprint density at radius 2 is 1.62 bits per heavy atom. The molecule has 1 aliphatic carbocycles. The zero-order valence-corrected chi connectivity index (χ0v) is 10.5. The molecule has 16 heavy (non-hydrogen) atoms. The zero-order valence-electron chi connectivity index (χ0n) is 9.69. The van der Waals surface area contributed by atoms with Crippen LogP contribution < -0.4 is 0 Å². The number of aliphatic hydroxyl groups is 1. The van der Waals surface area contributed by atoms with Crippen LogP contribution in [-0.2, 0) is 9.84 Å². The second-order valence-corrected chi connectivity index (χ2v) is 7.39. The number of nitrogens with zero attached hydrogens (tertiary/aromatic N) is 1. The van der Waals surface area contributed by atoms with E-state index in [2.05, 4.69) is 4.90 Å². The molecular formula is C11H21NO3S. The van der Waals surface area contributed by atoms with Gasteiger partial charge in [-0.05, 0) is 12.8 Å². The molecule has 0 spiro atoms. The van der Waals surface area contributed by atoms with Crippen molar-refractivity contribution in [2.45, 2.75) is 37.6 Å². The van der Waals surface area contributed by atoms with Gasteiger partial charge in [0.25, 0.3) is 0 Å². The average Bonchev–Trinajstić information content (AvgIpc) is 2.30. The van der Waals surface area contributed by atoms with Crippen LogP contribution in [0.25, 0.3) is 0 Å². The van der Waals surface area contributed by atoms with E-state index in [9.17, 15) is 13.5 Å². The van der Waals surface area contributed by atoms with Crippen molar-refractivity contribution in [3.63, 3.8) is 0 Å². The molecule has 0 bridgehead atoms. The summed E-state index contributed by atoms with van der Waals surface area (Å²) in [4.78, 5) is 2.22. The third-order valence-electron chi connectivity index (χ3n) is 4.09. The summed E-state index contributed by atoms with van der Waals surface area (Å²) in [5, 5.41) is 9.63. The fourth-order valence-corrected chi connectivity index (χ4v) is 4.17. The number of aliphatic hydroxyl groups excluding tert-OH is 1. The van der Waals surface area contributed by atoms with Gasteiger partial charge in [-0.2, -0.15) is 0 Å². The monoisotopic (exact) mass is 247 g/mol. The first-order chi connectivity index (χ1) is 7.58. The maximum atomic E-state index is 11.4. The quantitative estimate of drug-likeness (QED) is 0.768. The molecule has 0 atom stereocenters. The molecule has 4 nitrogen and oxygen atoms in total. The lowest BCUT2D eigenvalue weighted by Gasteiger charge is -2.46. The Kier molecular flexibility index (Phi) is 3.56. The minimum absolute atomic E-state index is 0.117. The van der Waals surface area contributed by atoms with Gasteiger partial charge in [0, 0.05) is 18.6 Å². The second kappa shape index (κ2) is 4.63. The van der Waals surface area contributed by atoms with Crippen LogP contribution in [0.2, 0.25) is 0 Å². The fraction of sp³-hybridized carbons (Fsp3) is 1.00. The van der Waals surface area contributed by atoms with Gasteiger partial charge in [0.1, 0.15) is 0 Å². The number of rotatable bonds is 2. The number of sulfone groups is 1. The Morgan fingerprint density at radius 1 is 1.06 bits per heavy atom. The van der Waals surface area contributed by atoms with E-state index in [0.717, 1.165) is 25.7 Å². The van der Waals surface area contributed by atoms with Gasteiger partial charge in [0.15, 0.2) is 9.84 Å². The van der Waals surface area contributed by atoms with Gasteiger partial charge in [-0.1, -0.05) is 19.3 Å². The largest absolute Gasteiger partial charge is 0.394 e. The second-order valence-electron chi connectivity index (χ2n) is 5.08. The molecule has 2 fully saturated rings. The third kappa shape index (κ3) is 2.41. The van der Waals surface area contributed by atoms with Gasteiger partial charge in [0.05, 0.1) is 18.1 Å². The van der Waals surface area contributed by atoms with Crippen LogP contribution in [0.1, 0.15) is 32.1 Å². The first-order valence-corrected chi connectivity index (χ1v) is 7.97. The molecule has 0 aromatic rings. The fourth-order valence-electron chi connectivity index (χ4n) is 2.97. The highest BCUT2D eigenvalue weighted by atomic mass is 32.2. The van der Waals surface area contributed by atoms with Crippen molar-refractivity contribution >= 4 is 9.84 Å². The third-order valence-corrected chi connectivity index (χ3v) is 5.70. The molecule has 94 valence electrons. The summed E-state index contributed by atoms with van der Waals surface area (Å²) in [7, 11) is -2.81. The van der Waals surface area contributed by atoms with Crippen molar-refractivity contribution in [3.8, 4) is 0 Å². The summed E-state index contributed by atoms with van der Waals surface area (Å²) in [5.41, 5.74) is -0.117. The average molecular weight is 247 g/mol. The molecule has 0 aromatic carbocycles. The zero-order chi connectivity index (χ0) is 11.6. The van der Waals surface area contributed by atoms with E-state index in [-0.39, 0.29) is 23.7 Å². The lowest BCUT2D eigenvalue weighted by molar-refractivity contribution is 0.00620. The van der Waals surface area contributed by atoms with Crippen LogP contribution in [0.4, 0.5) is 0 Å². The number of hydrogen-bond acceptors (Lipinski definition) is 4. The van der Waals surface area contributed by atoms with E-state index >= 15 is 0 Å². The van der Waals surface area contributed by atoms with Crippen molar-refractivity contribution in [1.82, 2.24) is 4.90 Å². The van der Waals surface area contributed by atoms with Crippen LogP contribution in [0.3, 0.4) is 0 Å². The first-order valence-electron chi connectivity index (χ1n) is 6.14. The summed E-state index contributed by atoms with van der Waals surface area (Å²) < 4.78 is 22.8. The van der Waals surface area contributed by atoms with Gasteiger partial charge in [-0.15, -0.1) is 0 Å². The SMILES string of the molecule is O=S1(=O)CCN(C2(CO)CCCCC2)CC1. The van der Waals surface area contributed by atoms with Crippen molar-refractivity contribution < 1.29 is 13.5 Å². The molecule has 1 heterocycles. The highest BCUT2D eigenvalue weighted by Crippen LogP contribution is 2.34. The summed E-state index contributed by atoms with van der Waals surface area (Å²) in [6.07, 6.45) is 5.59. The maximum Gasteiger partial charge on any atom is 0.152 e. The molecule has 0 unspecified atom stereocenters. The van der Waals surface area contributed by atoms with E-state index in [0.29, 0.717) is 13.1 Å². The minimum Gasteiger partial charge on any atom is -0.394 e. The Balaban J connectivity index is 2.05. The van der Waals surface area contributed by atoms with Gasteiger partial charge in [-0.25, -0.2) is 8.42 Å². The maximum absolute atomic E-state index is 11.4. The molecular weight excluding hydrogens is 226 g/mol. The highest BCUT2D eigenvalue weighted by Gasteiger charge is 2.39. The van der Waals surface area contributed by atoms with Crippen molar-refractivity contribution in [3.05, 3.63) is 0 Å². The van der Waals surface area contributed by atoms with Crippen LogP contribution >= 0.6 is 0 Å². The summed E-state index contributed by atoms with van der Waals surface area (Å²) in [6, 6.07) is 0. The summed E-state index contributed by atoms with van der Waals surface area (Å²) >= 11 is 0. The van der Waals surface area contributed by atoms with Crippen molar-refractivity contribution in [1.29, 1.82) is 0 Å². The molecule has 1 aliphatic heterocycles. The molecule has 1 N–H and O–H groups in total. The minimum atomic E-state index is -2.81. The molecule has 5 heteroatoms. The topological polar surface area (TPSA) is 57.6 Å². The van der Waals surface area contributed by atoms with Crippen LogP contribution in [0.15, 0.2) is 0 Å². The Labute approximate surface area is 97.6 Å². The molecule has 0 aromatic heterocycles. The summed E-state index contributed by atoms with van der Waals surface area (Å²) in [6.45, 7) is 1.37. The van der Waals surface area contributed by atoms with E-state index in [1.165, 1.54) is 6.42 Å². The Bertz CT molecular complexity index is 319. The summed E-state index contributed by atoms with van der Waals surface area (Å²) in [5.74, 6) is 0.517. The van der Waals surface area contributed by atoms with E-state index in [1.807, 2.05) is 0 Å². The van der Waals surface area contributed by atoms with E-state index in [1.54, 1.807) is 0 Å². The van der Waals surface area contributed by atoms with Crippen molar-refractivity contribution in [2.24, 2.45) is 0 Å². The molecule has 1 saturated carbocycles. The molecule has 0 amide bonds. The van der Waals surface area contributed by atoms with Crippen molar-refractivity contribution in [2.75, 3.05) is 31.2 Å². The molecule has 2 aliphatic rings. The van der Waals surface area contributed by atoms with Gasteiger partial charge >= 0.3 is 0 Å². The first kappa shape index (κ1) is 12.3. The normalized spacial score (nSPS) is 30.1. The van der Waals surface area contributed by atoms with E-state index in [4.69, 9.17) is 0 Å². The Morgan fingerprint density at radius 3 is 2.12 bits per heavy atom. The lowest BCUT2D eigenvalue weighted by atomic mass is 9.81. The van der Waals surface area contributed by atoms with Gasteiger partial charge < -0.3 is 5.11 Å². The van der Waals surface area contributed by atoms with Crippen LogP contribution in [0.5, 0.6) is 0 Å². The standard InChI is InChI=1S/C11H21NO3S/c13-10-11(4-2-1-3-5-11)12-6-8-16(14,15)9-7-12/h13H,1-10H2. The smallest absolute Gasteiger partial charge is 0.152 e. The Hall–Kier alpha value is -0.130. The van der Waals surface area contributed by atoms with E-state index < -0.39 is 9.84 Å². The molecule has 1 saturated heterocycles. The number of hydrogen-bond donors (Lipinski definition) is 1. The predicted octanol–water partition coefficient (Wildman–Crippen LogP) is 0.412. The van der Waals surface area contributed by atoms with Gasteiger partial charge in [0.2, 0.25) is 0 Å². The molecule has 2 rings (SSSR count). The van der Waals surface area contributed by atoms with Gasteiger partial charge in [-0.3, -0.25) is 4.90 Å².